The molecule has 10 nitrogen and oxygen atoms in total. The topological polar surface area (TPSA) is 117 Å². The number of anilines is 4. The molecule has 0 aliphatic carbocycles. The van der Waals surface area contributed by atoms with E-state index in [0.29, 0.717) is 17.5 Å². The van der Waals surface area contributed by atoms with Crippen LogP contribution in [-0.2, 0) is 17.1 Å². The van der Waals surface area contributed by atoms with E-state index in [1.54, 1.807) is 48.1 Å². The summed E-state index contributed by atoms with van der Waals surface area (Å²) in [6.45, 7) is 3.57. The molecule has 0 bridgehead atoms. The monoisotopic (exact) mass is 450 g/mol. The summed E-state index contributed by atoms with van der Waals surface area (Å²) in [6, 6.07) is 8.72. The molecule has 0 atom stereocenters. The first-order chi connectivity index (χ1) is 14.0. The van der Waals surface area contributed by atoms with Crippen molar-refractivity contribution >= 4 is 45.6 Å². The number of nitrogens with one attached hydrogen (secondary N) is 3. The average molecular weight is 451 g/mol. The SMILES string of the molecule is Cl.Cn1cnc(S(=O)(=O)Nc2ccc(Nc3ccnc(N4CCNCC4)n3)cc2)c1. The number of rotatable bonds is 6. The highest BCUT2D eigenvalue weighted by atomic mass is 35.5. The standard InChI is InChI=1S/C18H22N8O2S.ClH/c1-25-12-17(21-13-25)29(27,28)24-15-4-2-14(3-5-15)22-16-6-7-20-18(23-16)26-10-8-19-9-11-26;/h2-7,12-13,19,24H,8-11H2,1H3,(H,20,22,23);1H. The summed E-state index contributed by atoms with van der Waals surface area (Å²) < 4.78 is 28.8. The molecule has 160 valence electrons. The molecule has 1 aliphatic rings. The van der Waals surface area contributed by atoms with E-state index in [1.807, 2.05) is 0 Å². The maximum atomic E-state index is 12.4. The lowest BCUT2D eigenvalue weighted by Gasteiger charge is -2.27. The number of hydrogen-bond acceptors (Lipinski definition) is 8. The van der Waals surface area contributed by atoms with Crippen molar-refractivity contribution in [2.75, 3.05) is 41.1 Å². The molecule has 4 rings (SSSR count). The predicted octanol–water partition coefficient (Wildman–Crippen LogP) is 1.59. The number of nitrogens with zero attached hydrogens (tertiary/aromatic N) is 5. The highest BCUT2D eigenvalue weighted by Gasteiger charge is 2.17. The summed E-state index contributed by atoms with van der Waals surface area (Å²) in [7, 11) is -2.00. The molecular weight excluding hydrogens is 428 g/mol. The van der Waals surface area contributed by atoms with E-state index in [1.165, 1.54) is 12.5 Å². The van der Waals surface area contributed by atoms with Crippen LogP contribution in [0.2, 0.25) is 0 Å². The molecule has 0 unspecified atom stereocenters. The Labute approximate surface area is 181 Å². The fourth-order valence-corrected chi connectivity index (χ4v) is 3.98. The van der Waals surface area contributed by atoms with Crippen molar-refractivity contribution < 1.29 is 8.42 Å². The van der Waals surface area contributed by atoms with E-state index < -0.39 is 10.0 Å². The number of halogens is 1. The van der Waals surface area contributed by atoms with Gasteiger partial charge in [-0.3, -0.25) is 4.72 Å². The van der Waals surface area contributed by atoms with Gasteiger partial charge in [0.05, 0.1) is 6.33 Å². The molecule has 2 aromatic heterocycles. The van der Waals surface area contributed by atoms with E-state index in [4.69, 9.17) is 0 Å². The summed E-state index contributed by atoms with van der Waals surface area (Å²) in [5.41, 5.74) is 1.24. The van der Waals surface area contributed by atoms with Crippen molar-refractivity contribution in [3.8, 4) is 0 Å². The zero-order chi connectivity index (χ0) is 20.3. The molecule has 12 heteroatoms. The smallest absolute Gasteiger partial charge is 0.280 e. The Kier molecular flexibility index (Phi) is 6.75. The lowest BCUT2D eigenvalue weighted by molar-refractivity contribution is 0.580. The van der Waals surface area contributed by atoms with Gasteiger partial charge in [0.15, 0.2) is 5.03 Å². The minimum absolute atomic E-state index is 0. The molecule has 1 saturated heterocycles. The Morgan fingerprint density at radius 2 is 1.73 bits per heavy atom. The zero-order valence-electron chi connectivity index (χ0n) is 16.3. The third-order valence-electron chi connectivity index (χ3n) is 4.41. The summed E-state index contributed by atoms with van der Waals surface area (Å²) in [5.74, 6) is 1.37. The molecule has 0 saturated carbocycles. The van der Waals surface area contributed by atoms with Crippen LogP contribution in [0.5, 0.6) is 0 Å². The highest BCUT2D eigenvalue weighted by molar-refractivity contribution is 7.92. The van der Waals surface area contributed by atoms with Gasteiger partial charge < -0.3 is 20.1 Å². The number of sulfonamides is 1. The molecule has 0 spiro atoms. The van der Waals surface area contributed by atoms with Gasteiger partial charge in [-0.2, -0.15) is 13.4 Å². The molecule has 3 heterocycles. The van der Waals surface area contributed by atoms with Gasteiger partial charge in [0, 0.05) is 57.0 Å². The van der Waals surface area contributed by atoms with Crippen LogP contribution in [-0.4, -0.2) is 54.1 Å². The Morgan fingerprint density at radius 1 is 1.03 bits per heavy atom. The first-order valence-electron chi connectivity index (χ1n) is 9.16. The zero-order valence-corrected chi connectivity index (χ0v) is 17.9. The van der Waals surface area contributed by atoms with Gasteiger partial charge in [0.2, 0.25) is 5.95 Å². The van der Waals surface area contributed by atoms with E-state index in [-0.39, 0.29) is 17.4 Å². The highest BCUT2D eigenvalue weighted by Crippen LogP contribution is 2.21. The normalized spacial score (nSPS) is 14.1. The summed E-state index contributed by atoms with van der Waals surface area (Å²) in [6.07, 6.45) is 4.61. The number of benzene rings is 1. The summed E-state index contributed by atoms with van der Waals surface area (Å²) in [4.78, 5) is 14.9. The average Bonchev–Trinajstić information content (AvgIpc) is 3.18. The van der Waals surface area contributed by atoms with Crippen LogP contribution >= 0.6 is 12.4 Å². The first kappa shape index (κ1) is 21.8. The fraction of sp³-hybridized carbons (Fsp3) is 0.278. The lowest BCUT2D eigenvalue weighted by atomic mass is 10.3. The van der Waals surface area contributed by atoms with Gasteiger partial charge in [0.1, 0.15) is 5.82 Å². The quantitative estimate of drug-likeness (QED) is 0.518. The van der Waals surface area contributed by atoms with Crippen LogP contribution in [0.4, 0.5) is 23.1 Å². The van der Waals surface area contributed by atoms with Gasteiger partial charge in [-0.15, -0.1) is 12.4 Å². The molecule has 0 radical (unpaired) electrons. The molecule has 1 aliphatic heterocycles. The van der Waals surface area contributed by atoms with Gasteiger partial charge in [0.25, 0.3) is 10.0 Å². The maximum absolute atomic E-state index is 12.4. The van der Waals surface area contributed by atoms with Crippen LogP contribution in [0, 0.1) is 0 Å². The van der Waals surface area contributed by atoms with E-state index >= 15 is 0 Å². The number of imidazole rings is 1. The Bertz CT molecular complexity index is 1080. The second-order valence-electron chi connectivity index (χ2n) is 6.66. The first-order valence-corrected chi connectivity index (χ1v) is 10.6. The molecule has 3 N–H and O–H groups in total. The fourth-order valence-electron chi connectivity index (χ4n) is 2.94. The molecule has 3 aromatic rings. The second kappa shape index (κ2) is 9.28. The van der Waals surface area contributed by atoms with E-state index in [0.717, 1.165) is 31.9 Å². The van der Waals surface area contributed by atoms with Gasteiger partial charge >= 0.3 is 0 Å². The third-order valence-corrected chi connectivity index (χ3v) is 5.67. The minimum atomic E-state index is -3.72. The number of hydrogen-bond donors (Lipinski definition) is 3. The van der Waals surface area contributed by atoms with Crippen molar-refractivity contribution in [2.45, 2.75) is 5.03 Å². The Hall–Kier alpha value is -2.89. The van der Waals surface area contributed by atoms with Crippen LogP contribution < -0.4 is 20.3 Å². The van der Waals surface area contributed by atoms with Gasteiger partial charge in [-0.25, -0.2) is 9.97 Å². The molecule has 0 amide bonds. The van der Waals surface area contributed by atoms with E-state index in [9.17, 15) is 8.42 Å². The maximum Gasteiger partial charge on any atom is 0.280 e. The third kappa shape index (κ3) is 5.17. The number of aryl methyl sites for hydroxylation is 1. The summed E-state index contributed by atoms with van der Waals surface area (Å²) >= 11 is 0. The number of piperazine rings is 1. The Morgan fingerprint density at radius 3 is 2.40 bits per heavy atom. The van der Waals surface area contributed by atoms with Crippen molar-refractivity contribution in [3.05, 3.63) is 49.1 Å². The molecule has 1 fully saturated rings. The van der Waals surface area contributed by atoms with Crippen LogP contribution in [0.15, 0.2) is 54.1 Å². The van der Waals surface area contributed by atoms with E-state index in [2.05, 4.69) is 35.2 Å². The van der Waals surface area contributed by atoms with Crippen LogP contribution in [0.3, 0.4) is 0 Å². The van der Waals surface area contributed by atoms with Crippen LogP contribution in [0.25, 0.3) is 0 Å². The second-order valence-corrected chi connectivity index (χ2v) is 8.29. The van der Waals surface area contributed by atoms with Crippen molar-refractivity contribution in [2.24, 2.45) is 7.05 Å². The molecular formula is C18H23ClN8O2S. The predicted molar refractivity (Wildman–Crippen MR) is 118 cm³/mol. The minimum Gasteiger partial charge on any atom is -0.340 e. The molecule has 30 heavy (non-hydrogen) atoms. The van der Waals surface area contributed by atoms with Crippen LogP contribution in [0.1, 0.15) is 0 Å². The number of aromatic nitrogens is 4. The van der Waals surface area contributed by atoms with Crippen molar-refractivity contribution in [1.82, 2.24) is 24.8 Å². The summed E-state index contributed by atoms with van der Waals surface area (Å²) in [5, 5.41) is 6.50. The van der Waals surface area contributed by atoms with Crippen molar-refractivity contribution in [3.63, 3.8) is 0 Å². The lowest BCUT2D eigenvalue weighted by Crippen LogP contribution is -2.44. The largest absolute Gasteiger partial charge is 0.340 e. The van der Waals surface area contributed by atoms with Gasteiger partial charge in [-0.1, -0.05) is 0 Å². The Balaban J connectivity index is 0.00000256. The van der Waals surface area contributed by atoms with Gasteiger partial charge in [-0.05, 0) is 30.3 Å². The molecule has 1 aromatic carbocycles. The van der Waals surface area contributed by atoms with Crippen molar-refractivity contribution in [1.29, 1.82) is 0 Å².